The first-order valence-electron chi connectivity index (χ1n) is 9.32. The molecule has 3 heterocycles. The van der Waals surface area contributed by atoms with Crippen LogP contribution in [0.2, 0.25) is 0 Å². The lowest BCUT2D eigenvalue weighted by molar-refractivity contribution is 0.0620. The standard InChI is InChI=1S/C21H22N4O2S/c1-16-14-19(26)20(22-25(16)17-6-3-2-4-7-17)21(27)24-11-9-23(10-12-24)15-18-8-5-13-28-18/h2-8,13-14H,9-12,15H2,1H3. The van der Waals surface area contributed by atoms with E-state index in [1.165, 1.54) is 10.9 Å². The van der Waals surface area contributed by atoms with E-state index < -0.39 is 0 Å². The Labute approximate surface area is 167 Å². The van der Waals surface area contributed by atoms with E-state index in [4.69, 9.17) is 0 Å². The number of aromatic nitrogens is 2. The van der Waals surface area contributed by atoms with Crippen molar-refractivity contribution >= 4 is 17.2 Å². The van der Waals surface area contributed by atoms with Crippen LogP contribution >= 0.6 is 11.3 Å². The van der Waals surface area contributed by atoms with Gasteiger partial charge in [0.05, 0.1) is 5.69 Å². The topological polar surface area (TPSA) is 58.4 Å². The van der Waals surface area contributed by atoms with E-state index in [1.807, 2.05) is 37.3 Å². The predicted molar refractivity (Wildman–Crippen MR) is 110 cm³/mol. The van der Waals surface area contributed by atoms with Gasteiger partial charge < -0.3 is 4.90 Å². The first-order valence-corrected chi connectivity index (χ1v) is 10.2. The molecular weight excluding hydrogens is 372 g/mol. The number of piperazine rings is 1. The monoisotopic (exact) mass is 394 g/mol. The summed E-state index contributed by atoms with van der Waals surface area (Å²) in [5.74, 6) is -0.287. The lowest BCUT2D eigenvalue weighted by Crippen LogP contribution is -2.49. The Hall–Kier alpha value is -2.77. The molecule has 28 heavy (non-hydrogen) atoms. The van der Waals surface area contributed by atoms with Gasteiger partial charge >= 0.3 is 0 Å². The molecule has 0 bridgehead atoms. The molecule has 0 unspecified atom stereocenters. The van der Waals surface area contributed by atoms with E-state index >= 15 is 0 Å². The predicted octanol–water partition coefficient (Wildman–Crippen LogP) is 2.56. The molecule has 4 rings (SSSR count). The van der Waals surface area contributed by atoms with Gasteiger partial charge in [0, 0.05) is 49.4 Å². The zero-order valence-corrected chi connectivity index (χ0v) is 16.6. The van der Waals surface area contributed by atoms with E-state index in [0.717, 1.165) is 25.3 Å². The Balaban J connectivity index is 1.50. The number of carbonyl (C=O) groups excluding carboxylic acids is 1. The average Bonchev–Trinajstić information content (AvgIpc) is 3.22. The van der Waals surface area contributed by atoms with Gasteiger partial charge in [-0.25, -0.2) is 4.68 Å². The number of carbonyl (C=O) groups is 1. The number of benzene rings is 1. The number of hydrogen-bond donors (Lipinski definition) is 0. The van der Waals surface area contributed by atoms with E-state index in [9.17, 15) is 9.59 Å². The van der Waals surface area contributed by atoms with Crippen LogP contribution in [0.3, 0.4) is 0 Å². The first-order chi connectivity index (χ1) is 13.6. The van der Waals surface area contributed by atoms with Crippen molar-refractivity contribution in [3.05, 3.63) is 80.4 Å². The molecule has 0 radical (unpaired) electrons. The maximum Gasteiger partial charge on any atom is 0.278 e. The largest absolute Gasteiger partial charge is 0.335 e. The summed E-state index contributed by atoms with van der Waals surface area (Å²) in [5, 5.41) is 6.48. The van der Waals surface area contributed by atoms with Gasteiger partial charge in [0.2, 0.25) is 5.43 Å². The molecule has 0 atom stereocenters. The third kappa shape index (κ3) is 3.90. The van der Waals surface area contributed by atoms with E-state index in [2.05, 4.69) is 27.5 Å². The molecule has 0 aliphatic carbocycles. The molecule has 0 N–H and O–H groups in total. The summed E-state index contributed by atoms with van der Waals surface area (Å²) in [6, 6.07) is 15.2. The van der Waals surface area contributed by atoms with Crippen LogP contribution in [0.15, 0.2) is 58.7 Å². The number of aryl methyl sites for hydroxylation is 1. The van der Waals surface area contributed by atoms with Crippen LogP contribution in [0.1, 0.15) is 21.1 Å². The summed E-state index contributed by atoms with van der Waals surface area (Å²) in [6.45, 7) is 5.52. The summed E-state index contributed by atoms with van der Waals surface area (Å²) in [7, 11) is 0. The van der Waals surface area contributed by atoms with Gasteiger partial charge in [-0.05, 0) is 30.5 Å². The van der Waals surface area contributed by atoms with E-state index in [-0.39, 0.29) is 17.0 Å². The minimum Gasteiger partial charge on any atom is -0.335 e. The second-order valence-corrected chi connectivity index (χ2v) is 7.93. The lowest BCUT2D eigenvalue weighted by atomic mass is 10.2. The van der Waals surface area contributed by atoms with Crippen LogP contribution in [-0.2, 0) is 6.54 Å². The molecule has 1 amide bonds. The molecule has 1 saturated heterocycles. The Morgan fingerprint density at radius 1 is 1.07 bits per heavy atom. The number of para-hydroxylation sites is 1. The van der Waals surface area contributed by atoms with Gasteiger partial charge in [-0.3, -0.25) is 14.5 Å². The minimum absolute atomic E-state index is 0.0128. The number of nitrogens with zero attached hydrogens (tertiary/aromatic N) is 4. The van der Waals surface area contributed by atoms with Gasteiger partial charge in [-0.1, -0.05) is 24.3 Å². The summed E-state index contributed by atoms with van der Waals surface area (Å²) >= 11 is 1.75. The highest BCUT2D eigenvalue weighted by Crippen LogP contribution is 2.14. The maximum absolute atomic E-state index is 13.0. The van der Waals surface area contributed by atoms with Crippen molar-refractivity contribution in [3.63, 3.8) is 0 Å². The van der Waals surface area contributed by atoms with Crippen molar-refractivity contribution in [2.24, 2.45) is 0 Å². The van der Waals surface area contributed by atoms with Gasteiger partial charge in [0.15, 0.2) is 5.69 Å². The molecule has 144 valence electrons. The zero-order chi connectivity index (χ0) is 19.5. The van der Waals surface area contributed by atoms with Crippen molar-refractivity contribution in [1.29, 1.82) is 0 Å². The number of hydrogen-bond acceptors (Lipinski definition) is 5. The molecule has 0 saturated carbocycles. The highest BCUT2D eigenvalue weighted by atomic mass is 32.1. The van der Waals surface area contributed by atoms with Crippen LogP contribution in [-0.4, -0.2) is 51.7 Å². The van der Waals surface area contributed by atoms with Crippen LogP contribution in [0.25, 0.3) is 5.69 Å². The lowest BCUT2D eigenvalue weighted by Gasteiger charge is -2.34. The summed E-state index contributed by atoms with van der Waals surface area (Å²) in [5.41, 5.74) is 1.19. The van der Waals surface area contributed by atoms with Crippen LogP contribution in [0, 0.1) is 6.92 Å². The van der Waals surface area contributed by atoms with E-state index in [1.54, 1.807) is 20.9 Å². The number of thiophene rings is 1. The fraction of sp³-hybridized carbons (Fsp3) is 0.286. The minimum atomic E-state index is -0.323. The second kappa shape index (κ2) is 8.08. The van der Waals surface area contributed by atoms with Gasteiger partial charge in [0.1, 0.15) is 0 Å². The highest BCUT2D eigenvalue weighted by Gasteiger charge is 2.25. The van der Waals surface area contributed by atoms with Crippen molar-refractivity contribution in [1.82, 2.24) is 19.6 Å². The Bertz CT molecular complexity index is 1010. The van der Waals surface area contributed by atoms with Crippen molar-refractivity contribution < 1.29 is 4.79 Å². The maximum atomic E-state index is 13.0. The van der Waals surface area contributed by atoms with Crippen molar-refractivity contribution in [3.8, 4) is 5.69 Å². The first kappa shape index (κ1) is 18.6. The SMILES string of the molecule is Cc1cc(=O)c(C(=O)N2CCN(Cc3cccs3)CC2)nn1-c1ccccc1. The molecule has 0 spiro atoms. The Kier molecular flexibility index (Phi) is 5.36. The molecule has 3 aromatic rings. The molecule has 6 nitrogen and oxygen atoms in total. The summed E-state index contributed by atoms with van der Waals surface area (Å²) < 4.78 is 1.65. The quantitative estimate of drug-likeness (QED) is 0.682. The molecule has 1 aliphatic heterocycles. The fourth-order valence-electron chi connectivity index (χ4n) is 3.41. The van der Waals surface area contributed by atoms with Gasteiger partial charge in [-0.2, -0.15) is 5.10 Å². The van der Waals surface area contributed by atoms with Gasteiger partial charge in [0.25, 0.3) is 5.91 Å². The van der Waals surface area contributed by atoms with Crippen LogP contribution in [0.5, 0.6) is 0 Å². The highest BCUT2D eigenvalue weighted by molar-refractivity contribution is 7.09. The molecule has 7 heteroatoms. The van der Waals surface area contributed by atoms with Crippen molar-refractivity contribution in [2.75, 3.05) is 26.2 Å². The molecule has 1 aliphatic rings. The normalized spacial score (nSPS) is 15.0. The zero-order valence-electron chi connectivity index (χ0n) is 15.7. The Morgan fingerprint density at radius 3 is 2.50 bits per heavy atom. The second-order valence-electron chi connectivity index (χ2n) is 6.89. The van der Waals surface area contributed by atoms with Gasteiger partial charge in [-0.15, -0.1) is 11.3 Å². The molecule has 2 aromatic heterocycles. The number of amides is 1. The average molecular weight is 395 g/mol. The van der Waals surface area contributed by atoms with Crippen LogP contribution in [0.4, 0.5) is 0 Å². The number of rotatable bonds is 4. The third-order valence-electron chi connectivity index (χ3n) is 4.93. The third-order valence-corrected chi connectivity index (χ3v) is 5.79. The van der Waals surface area contributed by atoms with Crippen LogP contribution < -0.4 is 5.43 Å². The van der Waals surface area contributed by atoms with Crippen molar-refractivity contribution in [2.45, 2.75) is 13.5 Å². The smallest absolute Gasteiger partial charge is 0.278 e. The summed E-state index contributed by atoms with van der Waals surface area (Å²) in [6.07, 6.45) is 0. The molecular formula is C21H22N4O2S. The summed E-state index contributed by atoms with van der Waals surface area (Å²) in [4.78, 5) is 30.8. The van der Waals surface area contributed by atoms with E-state index in [0.29, 0.717) is 18.8 Å². The fourth-order valence-corrected chi connectivity index (χ4v) is 4.15. The Morgan fingerprint density at radius 2 is 1.82 bits per heavy atom. The molecule has 1 fully saturated rings. The molecule has 1 aromatic carbocycles.